The lowest BCUT2D eigenvalue weighted by molar-refractivity contribution is 0.102. The Morgan fingerprint density at radius 1 is 1.50 bits per heavy atom. The van der Waals surface area contributed by atoms with Crippen molar-refractivity contribution in [3.8, 4) is 0 Å². The van der Waals surface area contributed by atoms with E-state index in [2.05, 4.69) is 25.8 Å². The number of halogens is 1. The summed E-state index contributed by atoms with van der Waals surface area (Å²) in [5, 5.41) is 13.2. The van der Waals surface area contributed by atoms with Gasteiger partial charge in [-0.2, -0.15) is 0 Å². The lowest BCUT2D eigenvalue weighted by Crippen LogP contribution is -2.14. The maximum absolute atomic E-state index is 13.4. The molecule has 0 radical (unpaired) electrons. The van der Waals surface area contributed by atoms with Gasteiger partial charge in [0, 0.05) is 6.20 Å². The van der Waals surface area contributed by atoms with Gasteiger partial charge in [0.05, 0.1) is 17.8 Å². The van der Waals surface area contributed by atoms with Gasteiger partial charge in [-0.25, -0.2) is 4.39 Å². The molecule has 104 valence electrons. The first-order chi connectivity index (χ1) is 9.74. The van der Waals surface area contributed by atoms with E-state index in [1.54, 1.807) is 0 Å². The Hall–Kier alpha value is -2.35. The number of carbonyl (C=O) groups is 1. The summed E-state index contributed by atoms with van der Waals surface area (Å²) in [6, 6.07) is 1.25. The summed E-state index contributed by atoms with van der Waals surface area (Å²) in [7, 11) is 0. The highest BCUT2D eigenvalue weighted by Crippen LogP contribution is 2.23. The molecule has 0 aromatic carbocycles. The average Bonchev–Trinajstić information content (AvgIpc) is 3.09. The fraction of sp³-hybridized carbons (Fsp3) is 0.333. The third kappa shape index (κ3) is 2.50. The molecule has 3 rings (SSSR count). The van der Waals surface area contributed by atoms with Gasteiger partial charge >= 0.3 is 6.01 Å². The Bertz CT molecular complexity index is 624. The lowest BCUT2D eigenvalue weighted by atomic mass is 10.2. The summed E-state index contributed by atoms with van der Waals surface area (Å²) in [4.78, 5) is 15.4. The fourth-order valence-electron chi connectivity index (χ4n) is 2.05. The van der Waals surface area contributed by atoms with Crippen molar-refractivity contribution in [3.63, 3.8) is 0 Å². The van der Waals surface area contributed by atoms with E-state index in [4.69, 9.17) is 4.42 Å². The van der Waals surface area contributed by atoms with Crippen LogP contribution >= 0.6 is 0 Å². The number of amides is 1. The molecule has 1 fully saturated rings. The normalized spacial score (nSPS) is 18.1. The number of hydrogen-bond acceptors (Lipinski definition) is 6. The van der Waals surface area contributed by atoms with Gasteiger partial charge in [0.2, 0.25) is 5.89 Å². The van der Waals surface area contributed by atoms with Crippen LogP contribution in [0.3, 0.4) is 0 Å². The lowest BCUT2D eigenvalue weighted by Gasteiger charge is -2.03. The molecular weight excluding hydrogens is 265 g/mol. The Balaban J connectivity index is 1.72. The number of anilines is 1. The quantitative estimate of drug-likeness (QED) is 0.878. The van der Waals surface area contributed by atoms with E-state index in [-0.39, 0.29) is 17.6 Å². The summed E-state index contributed by atoms with van der Waals surface area (Å²) in [6.07, 6.45) is 4.25. The van der Waals surface area contributed by atoms with Crippen LogP contribution in [0.25, 0.3) is 0 Å². The summed E-state index contributed by atoms with van der Waals surface area (Å²) in [5.41, 5.74) is -0.126. The van der Waals surface area contributed by atoms with Gasteiger partial charge < -0.3 is 9.73 Å². The summed E-state index contributed by atoms with van der Waals surface area (Å²) >= 11 is 0. The smallest absolute Gasteiger partial charge is 0.322 e. The molecule has 2 N–H and O–H groups in total. The summed E-state index contributed by atoms with van der Waals surface area (Å²) < 4.78 is 18.7. The van der Waals surface area contributed by atoms with Crippen molar-refractivity contribution in [2.45, 2.75) is 18.9 Å². The van der Waals surface area contributed by atoms with Gasteiger partial charge in [0.1, 0.15) is 0 Å². The highest BCUT2D eigenvalue weighted by molar-refractivity contribution is 6.03. The van der Waals surface area contributed by atoms with Crippen molar-refractivity contribution in [1.29, 1.82) is 0 Å². The van der Waals surface area contributed by atoms with Crippen molar-refractivity contribution in [1.82, 2.24) is 20.5 Å². The topological polar surface area (TPSA) is 92.9 Å². The van der Waals surface area contributed by atoms with Gasteiger partial charge in [-0.15, -0.1) is 5.10 Å². The molecule has 1 saturated heterocycles. The first-order valence-corrected chi connectivity index (χ1v) is 6.21. The Labute approximate surface area is 113 Å². The van der Waals surface area contributed by atoms with Crippen LogP contribution in [0.15, 0.2) is 22.9 Å². The second kappa shape index (κ2) is 5.33. The molecule has 1 aliphatic heterocycles. The second-order valence-corrected chi connectivity index (χ2v) is 4.40. The summed E-state index contributed by atoms with van der Waals surface area (Å²) in [6.45, 7) is 0.900. The van der Waals surface area contributed by atoms with Gasteiger partial charge in [-0.05, 0) is 25.5 Å². The fourth-order valence-corrected chi connectivity index (χ4v) is 2.05. The molecule has 7 nitrogen and oxygen atoms in total. The van der Waals surface area contributed by atoms with E-state index in [1.165, 1.54) is 12.3 Å². The number of nitrogens with zero attached hydrogens (tertiary/aromatic N) is 3. The molecule has 1 unspecified atom stereocenters. The van der Waals surface area contributed by atoms with E-state index < -0.39 is 11.7 Å². The van der Waals surface area contributed by atoms with E-state index in [1.807, 2.05) is 0 Å². The van der Waals surface area contributed by atoms with Crippen molar-refractivity contribution in [3.05, 3.63) is 35.7 Å². The van der Waals surface area contributed by atoms with Crippen molar-refractivity contribution < 1.29 is 13.6 Å². The molecular formula is C12H12FN5O2. The zero-order chi connectivity index (χ0) is 13.9. The van der Waals surface area contributed by atoms with E-state index in [9.17, 15) is 9.18 Å². The zero-order valence-corrected chi connectivity index (χ0v) is 10.5. The molecule has 0 bridgehead atoms. The molecule has 3 heterocycles. The molecule has 1 amide bonds. The van der Waals surface area contributed by atoms with E-state index in [0.717, 1.165) is 25.6 Å². The van der Waals surface area contributed by atoms with E-state index in [0.29, 0.717) is 5.89 Å². The second-order valence-electron chi connectivity index (χ2n) is 4.40. The maximum Gasteiger partial charge on any atom is 0.322 e. The van der Waals surface area contributed by atoms with Crippen LogP contribution in [-0.2, 0) is 0 Å². The Morgan fingerprint density at radius 2 is 2.40 bits per heavy atom. The molecule has 0 spiro atoms. The monoisotopic (exact) mass is 277 g/mol. The van der Waals surface area contributed by atoms with Crippen LogP contribution in [-0.4, -0.2) is 27.6 Å². The number of rotatable bonds is 3. The number of aromatic nitrogens is 3. The number of hydrogen-bond donors (Lipinski definition) is 2. The van der Waals surface area contributed by atoms with Gasteiger partial charge in [0.25, 0.3) is 5.91 Å². The highest BCUT2D eigenvalue weighted by Gasteiger charge is 2.23. The molecule has 2 aromatic heterocycles. The molecule has 0 saturated carbocycles. The predicted octanol–water partition coefficient (Wildman–Crippen LogP) is 1.28. The van der Waals surface area contributed by atoms with Crippen LogP contribution in [0, 0.1) is 5.82 Å². The minimum Gasteiger partial charge on any atom is -0.406 e. The van der Waals surface area contributed by atoms with Crippen LogP contribution in [0.2, 0.25) is 0 Å². The van der Waals surface area contributed by atoms with Crippen molar-refractivity contribution in [2.24, 2.45) is 0 Å². The summed E-state index contributed by atoms with van der Waals surface area (Å²) in [5.74, 6) is -0.935. The molecule has 1 atom stereocenters. The number of pyridine rings is 1. The third-order valence-electron chi connectivity index (χ3n) is 3.04. The molecule has 2 aromatic rings. The van der Waals surface area contributed by atoms with Crippen molar-refractivity contribution in [2.75, 3.05) is 11.9 Å². The molecule has 8 heteroatoms. The van der Waals surface area contributed by atoms with Crippen molar-refractivity contribution >= 4 is 11.9 Å². The minimum atomic E-state index is -0.706. The first-order valence-electron chi connectivity index (χ1n) is 6.21. The van der Waals surface area contributed by atoms with Crippen LogP contribution in [0.1, 0.15) is 35.1 Å². The van der Waals surface area contributed by atoms with Gasteiger partial charge in [-0.3, -0.25) is 15.1 Å². The van der Waals surface area contributed by atoms with Crippen LogP contribution in [0.5, 0.6) is 0 Å². The largest absolute Gasteiger partial charge is 0.406 e. The molecule has 0 aliphatic carbocycles. The average molecular weight is 277 g/mol. The predicted molar refractivity (Wildman–Crippen MR) is 66.4 cm³/mol. The van der Waals surface area contributed by atoms with Crippen LogP contribution < -0.4 is 10.6 Å². The Morgan fingerprint density at radius 3 is 3.15 bits per heavy atom. The number of carbonyl (C=O) groups excluding carboxylic acids is 1. The first kappa shape index (κ1) is 12.7. The standard InChI is InChI=1S/C12H12FN5O2/c13-8-6-14-5-3-7(8)10(19)16-12-18-17-11(20-12)9-2-1-4-15-9/h3,5-6,9,15H,1-2,4H2,(H,16,18,19). The van der Waals surface area contributed by atoms with Gasteiger partial charge in [0.15, 0.2) is 5.82 Å². The SMILES string of the molecule is O=C(Nc1nnc(C2CCCN2)o1)c1ccncc1F. The number of nitrogens with one attached hydrogen (secondary N) is 2. The minimum absolute atomic E-state index is 0.0193. The Kier molecular flexibility index (Phi) is 3.38. The molecule has 20 heavy (non-hydrogen) atoms. The van der Waals surface area contributed by atoms with E-state index >= 15 is 0 Å². The third-order valence-corrected chi connectivity index (χ3v) is 3.04. The van der Waals surface area contributed by atoms with Crippen LogP contribution in [0.4, 0.5) is 10.4 Å². The molecule has 1 aliphatic rings. The zero-order valence-electron chi connectivity index (χ0n) is 10.5. The van der Waals surface area contributed by atoms with Gasteiger partial charge in [-0.1, -0.05) is 5.10 Å². The maximum atomic E-state index is 13.4. The highest BCUT2D eigenvalue weighted by atomic mass is 19.1.